The molecule has 30 nitrogen and oxygen atoms in total. The smallest absolute Gasteiger partial charge is 0.303 e. The summed E-state index contributed by atoms with van der Waals surface area (Å²) >= 11 is 1.54. The van der Waals surface area contributed by atoms with Crippen LogP contribution in [0.4, 0.5) is 31.4 Å². The number of rotatable bonds is 21. The zero-order chi connectivity index (χ0) is 79.5. The maximum absolute atomic E-state index is 15.8. The van der Waals surface area contributed by atoms with Crippen molar-refractivity contribution in [3.05, 3.63) is 101 Å². The van der Waals surface area contributed by atoms with Gasteiger partial charge in [0.1, 0.15) is 0 Å². The number of carbonyl (C=O) groups excluding carboxylic acids is 12. The van der Waals surface area contributed by atoms with Crippen LogP contribution < -0.4 is 46.7 Å². The number of hydrogen-bond donors (Lipinski definition) is 9. The molecule has 0 radical (unpaired) electrons. The van der Waals surface area contributed by atoms with Crippen molar-refractivity contribution in [2.24, 2.45) is 50.2 Å². The molecule has 4 saturated carbocycles. The van der Waals surface area contributed by atoms with Crippen molar-refractivity contribution in [3.63, 3.8) is 0 Å². The molecule has 109 heavy (non-hydrogen) atoms. The van der Waals surface area contributed by atoms with Crippen molar-refractivity contribution in [1.29, 1.82) is 0 Å². The van der Waals surface area contributed by atoms with Crippen molar-refractivity contribution >= 4 is 122 Å². The highest BCUT2D eigenvalue weighted by atomic mass is 32.2. The number of esters is 5. The predicted molar refractivity (Wildman–Crippen MR) is 401 cm³/mol. The highest BCUT2D eigenvalue weighted by molar-refractivity contribution is 8.12. The summed E-state index contributed by atoms with van der Waals surface area (Å²) in [6, 6.07) is 21.8. The first kappa shape index (κ1) is 83.5. The minimum absolute atomic E-state index is 0.0376. The quantitative estimate of drug-likeness (QED) is 0.0157. The number of anilines is 3. The fourth-order valence-corrected chi connectivity index (χ4v) is 19.3. The number of carbonyl (C=O) groups is 12. The highest BCUT2D eigenvalue weighted by Crippen LogP contribution is 2.75. The average Bonchev–Trinajstić information content (AvgIpc) is 0.672. The third-order valence-electron chi connectivity index (χ3n) is 23.8. The summed E-state index contributed by atoms with van der Waals surface area (Å²) in [4.78, 5) is 176. The monoisotopic (exact) mass is 1570 g/mol. The van der Waals surface area contributed by atoms with Crippen LogP contribution in [0.25, 0.3) is 0 Å². The SMILES string of the molecule is CC(=O)O[C@@H]1[C@@H](OC(C)=O)[C@@H](O[C@H]2[C@@H](O[C@H]3CC[C@]4(C)[C@H]5C(=O)C=C6[C@@H]7C[C@@](C)(C(=O)NC(=O)SNNc8ccccc8C)CC[C@]7(C)CC[C@@]6(C)[C@]5(C)CC[C@H]4C3(C)C)O[C@H](C(=O)NC(=O)SNNc3ccccc3C)[C@@H](OC(C)=O)[C@@H]2OC(C)=O)O[C@H](C(=O)NC(=O)SNNc2ccccc2C)[C@H]1OC(C)=O. The van der Waals surface area contributed by atoms with Gasteiger partial charge in [0.2, 0.25) is 5.91 Å². The fourth-order valence-electron chi connectivity index (χ4n) is 18.1. The van der Waals surface area contributed by atoms with Crippen molar-refractivity contribution in [3.8, 4) is 0 Å². The Labute approximate surface area is 646 Å². The van der Waals surface area contributed by atoms with Gasteiger partial charge in [0.25, 0.3) is 11.8 Å². The number of para-hydroxylation sites is 3. The highest BCUT2D eigenvalue weighted by Gasteiger charge is 2.71. The normalized spacial score (nSPS) is 32.8. The number of imide groups is 3. The first-order chi connectivity index (χ1) is 51.3. The minimum atomic E-state index is -2.23. The third-order valence-corrected chi connectivity index (χ3v) is 25.2. The van der Waals surface area contributed by atoms with E-state index in [1.54, 1.807) is 30.3 Å². The van der Waals surface area contributed by atoms with E-state index in [0.717, 1.165) is 87.4 Å². The molecule has 9 N–H and O–H groups in total. The number of fused-ring (bicyclic) bond motifs is 7. The molecular weight excluding hydrogens is 1470 g/mol. The predicted octanol–water partition coefficient (Wildman–Crippen LogP) is 10.3. The molecule has 5 aliphatic carbocycles. The Hall–Kier alpha value is -7.99. The molecule has 19 atom stereocenters. The van der Waals surface area contributed by atoms with Gasteiger partial charge in [-0.1, -0.05) is 109 Å². The van der Waals surface area contributed by atoms with Crippen LogP contribution in [0, 0.1) is 71.0 Å². The van der Waals surface area contributed by atoms with Crippen molar-refractivity contribution < 1.29 is 100 Å². The molecule has 7 aliphatic rings. The minimum Gasteiger partial charge on any atom is -0.455 e. The Balaban J connectivity index is 0.976. The van der Waals surface area contributed by atoms with Gasteiger partial charge in [0.05, 0.1) is 23.2 Å². The molecule has 0 unspecified atom stereocenters. The van der Waals surface area contributed by atoms with Gasteiger partial charge < -0.3 is 58.9 Å². The molecule has 33 heteroatoms. The molecule has 0 bridgehead atoms. The summed E-state index contributed by atoms with van der Waals surface area (Å²) in [6.45, 7) is 25.2. The number of nitrogens with one attached hydrogen (secondary N) is 9. The zero-order valence-electron chi connectivity index (χ0n) is 63.8. The van der Waals surface area contributed by atoms with E-state index in [1.807, 2.05) is 90.1 Å². The number of hydrogen-bond acceptors (Lipinski definition) is 30. The molecule has 6 fully saturated rings. The Morgan fingerprint density at radius 3 is 1.34 bits per heavy atom. The number of aryl methyl sites for hydroxylation is 3. The summed E-state index contributed by atoms with van der Waals surface area (Å²) in [5.74, 6) is -9.29. The van der Waals surface area contributed by atoms with Crippen LogP contribution in [-0.2, 0) is 85.8 Å². The number of allylic oxidation sites excluding steroid dienone is 2. The molecule has 2 heterocycles. The van der Waals surface area contributed by atoms with Crippen molar-refractivity contribution in [1.82, 2.24) is 30.4 Å². The maximum Gasteiger partial charge on any atom is 0.303 e. The van der Waals surface area contributed by atoms with E-state index >= 15 is 4.79 Å². The Bertz CT molecular complexity index is 4080. The maximum atomic E-state index is 15.8. The number of amides is 6. The van der Waals surface area contributed by atoms with Gasteiger partial charge in [0, 0.05) is 81.8 Å². The first-order valence-corrected chi connectivity index (χ1v) is 38.8. The lowest BCUT2D eigenvalue weighted by Crippen LogP contribution is -2.70. The van der Waals surface area contributed by atoms with Crippen molar-refractivity contribution in [2.75, 3.05) is 16.3 Å². The lowest BCUT2D eigenvalue weighted by molar-refractivity contribution is -0.370. The van der Waals surface area contributed by atoms with E-state index in [2.05, 4.69) is 74.4 Å². The Morgan fingerprint density at radius 2 is 0.881 bits per heavy atom. The number of benzene rings is 3. The van der Waals surface area contributed by atoms with Crippen LogP contribution in [0.5, 0.6) is 0 Å². The van der Waals surface area contributed by atoms with Crippen molar-refractivity contribution in [2.45, 2.75) is 229 Å². The second-order valence-corrected chi connectivity index (χ2v) is 33.6. The lowest BCUT2D eigenvalue weighted by Gasteiger charge is -2.70. The number of ether oxygens (including phenoxy) is 9. The van der Waals surface area contributed by atoms with E-state index < -0.39 is 158 Å². The van der Waals surface area contributed by atoms with E-state index in [1.165, 1.54) is 0 Å². The number of ketones is 1. The molecule has 0 aromatic heterocycles. The van der Waals surface area contributed by atoms with Crippen LogP contribution in [0.3, 0.4) is 0 Å². The largest absolute Gasteiger partial charge is 0.455 e. The molecule has 0 spiro atoms. The average molecular weight is 1570 g/mol. The van der Waals surface area contributed by atoms with Crippen LogP contribution in [0.1, 0.15) is 158 Å². The standard InChI is InChI=1S/C76H99N9O21S3/c1-38-22-16-19-25-48(38)80-83-107-68(95)77-63(92)58-55(99-42(5)87)57(101-44(7)89)61(106-66-60(102-45(8)90)56(100-43(6)88)54(98-41(4)86)59(105-66)64(93)78-69(96)108-84-81-49-26-20-17-23-39(49)2)65(104-58)103-53-29-30-74(13)52(71(53,9)10)28-31-76(15)62(74)51(91)36-46-47-37-73(12,33-32-72(47,11)34-35-75(46,76)14)67(94)79-70(97)109-85-82-50-27-21-18-24-40(50)3/h16-27,36,47,52-62,65-66,80-85H,28-35,37H2,1-15H3,(H,77,92,95)(H,78,93,96)(H,79,94,97)/t47-,52-,53-,54-,55-,56-,57-,58-,59-,60+,61+,62+,65-,66+,72+,73-,74-,75+,76+/m0/s1. The third kappa shape index (κ3) is 18.0. The molecule has 2 aliphatic heterocycles. The second-order valence-electron chi connectivity index (χ2n) is 31.3. The molecule has 3 aromatic rings. The van der Waals surface area contributed by atoms with Crippen LogP contribution in [-0.4, -0.2) is 137 Å². The van der Waals surface area contributed by atoms with Gasteiger partial charge in [-0.05, 0) is 158 Å². The van der Waals surface area contributed by atoms with Crippen LogP contribution in [0.2, 0.25) is 0 Å². The molecule has 3 aromatic carbocycles. The van der Waals surface area contributed by atoms with Gasteiger partial charge in [-0.2, -0.15) is 14.5 Å². The molecule has 6 amide bonds. The lowest BCUT2D eigenvalue weighted by atomic mass is 9.33. The summed E-state index contributed by atoms with van der Waals surface area (Å²) < 4.78 is 56.2. The van der Waals surface area contributed by atoms with Gasteiger partial charge in [-0.25, -0.2) is 0 Å². The summed E-state index contributed by atoms with van der Waals surface area (Å²) in [7, 11) is 0. The summed E-state index contributed by atoms with van der Waals surface area (Å²) in [5.41, 5.74) is 10.3. The van der Waals surface area contributed by atoms with Gasteiger partial charge >= 0.3 is 45.6 Å². The number of hydrazine groups is 3. The Kier molecular flexibility index (Phi) is 26.0. The molecule has 592 valence electrons. The molecular formula is C76H99N9O21S3. The summed E-state index contributed by atoms with van der Waals surface area (Å²) in [5, 5.41) is 4.43. The van der Waals surface area contributed by atoms with Gasteiger partial charge in [-0.15, -0.1) is 0 Å². The van der Waals surface area contributed by atoms with E-state index in [-0.39, 0.29) is 35.4 Å². The van der Waals surface area contributed by atoms with E-state index in [9.17, 15) is 52.7 Å². The second kappa shape index (κ2) is 33.9. The van der Waals surface area contributed by atoms with E-state index in [0.29, 0.717) is 73.8 Å². The van der Waals surface area contributed by atoms with Crippen LogP contribution in [0.15, 0.2) is 84.4 Å². The van der Waals surface area contributed by atoms with Gasteiger partial charge in [0.15, 0.2) is 67.2 Å². The van der Waals surface area contributed by atoms with Crippen LogP contribution >= 0.6 is 35.8 Å². The zero-order valence-corrected chi connectivity index (χ0v) is 66.2. The fraction of sp³-hybridized carbons (Fsp3) is 0.579. The molecule has 10 rings (SSSR count). The Morgan fingerprint density at radius 1 is 0.468 bits per heavy atom. The molecule has 2 saturated heterocycles. The topological polar surface area (TPSA) is 396 Å². The van der Waals surface area contributed by atoms with E-state index in [4.69, 9.17) is 42.6 Å². The van der Waals surface area contributed by atoms with Gasteiger partial charge in [-0.3, -0.25) is 73.5 Å². The first-order valence-electron chi connectivity index (χ1n) is 36.3. The summed E-state index contributed by atoms with van der Waals surface area (Å²) in [6.07, 6.45) is -14.8.